The Hall–Kier alpha value is -1.36. The molecule has 1 aromatic heterocycles. The van der Waals surface area contributed by atoms with Crippen LogP contribution in [0.4, 0.5) is 0 Å². The number of hydrogen-bond acceptors (Lipinski definition) is 3. The molecule has 0 spiro atoms. The highest BCUT2D eigenvalue weighted by Crippen LogP contribution is 2.17. The molecule has 0 fully saturated rings. The Morgan fingerprint density at radius 1 is 1.56 bits per heavy atom. The first-order chi connectivity index (χ1) is 7.69. The smallest absolute Gasteiger partial charge is 0.384 e. The summed E-state index contributed by atoms with van der Waals surface area (Å²) < 4.78 is 1.59. The molecule has 0 aromatic carbocycles. The standard InChI is InChI=1S/C11H13NO3S/c1-2-7-16-10(11(14)15)12-5-3-9(8-13)4-6-12/h3-6,8,10H,2,7H2,1H3/p+1. The Morgan fingerprint density at radius 3 is 2.62 bits per heavy atom. The summed E-state index contributed by atoms with van der Waals surface area (Å²) in [6.45, 7) is 2.01. The number of carbonyl (C=O) groups is 2. The maximum Gasteiger partial charge on any atom is 0.384 e. The molecule has 1 aromatic rings. The third-order valence-electron chi connectivity index (χ3n) is 1.98. The Balaban J connectivity index is 2.83. The summed E-state index contributed by atoms with van der Waals surface area (Å²) in [5.41, 5.74) is 0.542. The molecule has 4 nitrogen and oxygen atoms in total. The van der Waals surface area contributed by atoms with E-state index in [1.807, 2.05) is 6.92 Å². The van der Waals surface area contributed by atoms with Crippen molar-refractivity contribution in [1.29, 1.82) is 0 Å². The zero-order valence-electron chi connectivity index (χ0n) is 9.00. The number of nitrogens with zero attached hydrogens (tertiary/aromatic N) is 1. The van der Waals surface area contributed by atoms with Gasteiger partial charge in [-0.25, -0.2) is 4.79 Å². The molecule has 0 bridgehead atoms. The third kappa shape index (κ3) is 3.34. The number of rotatable bonds is 6. The maximum absolute atomic E-state index is 11.0. The molecule has 1 N–H and O–H groups in total. The van der Waals surface area contributed by atoms with Crippen molar-refractivity contribution in [2.45, 2.75) is 18.7 Å². The average Bonchev–Trinajstić information content (AvgIpc) is 2.30. The predicted octanol–water partition coefficient (Wildman–Crippen LogP) is 1.51. The summed E-state index contributed by atoms with van der Waals surface area (Å²) in [7, 11) is 0. The molecule has 0 saturated carbocycles. The van der Waals surface area contributed by atoms with E-state index in [0.29, 0.717) is 5.56 Å². The van der Waals surface area contributed by atoms with Crippen LogP contribution in [-0.4, -0.2) is 23.1 Å². The van der Waals surface area contributed by atoms with Crippen LogP contribution >= 0.6 is 11.8 Å². The Morgan fingerprint density at radius 2 is 2.19 bits per heavy atom. The normalized spacial score (nSPS) is 12.1. The van der Waals surface area contributed by atoms with Gasteiger partial charge in [-0.3, -0.25) is 4.79 Å². The first kappa shape index (κ1) is 12.7. The lowest BCUT2D eigenvalue weighted by Gasteiger charge is -2.06. The largest absolute Gasteiger partial charge is 0.476 e. The highest BCUT2D eigenvalue weighted by Gasteiger charge is 2.26. The lowest BCUT2D eigenvalue weighted by molar-refractivity contribution is -0.688. The number of aliphatic carboxylic acids is 1. The summed E-state index contributed by atoms with van der Waals surface area (Å²) in [6.07, 6.45) is 4.90. The molecule has 1 atom stereocenters. The van der Waals surface area contributed by atoms with Crippen LogP contribution in [0.2, 0.25) is 0 Å². The van der Waals surface area contributed by atoms with Crippen molar-refractivity contribution in [1.82, 2.24) is 0 Å². The van der Waals surface area contributed by atoms with Gasteiger partial charge in [0.1, 0.15) is 0 Å². The number of carboxylic acid groups (broad SMARTS) is 1. The average molecular weight is 240 g/mol. The van der Waals surface area contributed by atoms with E-state index < -0.39 is 11.3 Å². The molecule has 0 radical (unpaired) electrons. The van der Waals surface area contributed by atoms with Gasteiger partial charge in [-0.2, -0.15) is 4.57 Å². The molecule has 0 aliphatic carbocycles. The van der Waals surface area contributed by atoms with Crippen LogP contribution in [0.5, 0.6) is 0 Å². The second kappa shape index (κ2) is 6.27. The number of pyridine rings is 1. The van der Waals surface area contributed by atoms with E-state index in [-0.39, 0.29) is 0 Å². The maximum atomic E-state index is 11.0. The molecule has 1 unspecified atom stereocenters. The number of hydrogen-bond donors (Lipinski definition) is 1. The molecular weight excluding hydrogens is 226 g/mol. The molecule has 0 aliphatic rings. The minimum absolute atomic E-state index is 0.542. The van der Waals surface area contributed by atoms with Crippen molar-refractivity contribution in [3.05, 3.63) is 30.1 Å². The van der Waals surface area contributed by atoms with Gasteiger partial charge in [0.05, 0.1) is 0 Å². The third-order valence-corrected chi connectivity index (χ3v) is 3.38. The summed E-state index contributed by atoms with van der Waals surface area (Å²) in [6, 6.07) is 3.21. The number of thioether (sulfide) groups is 1. The van der Waals surface area contributed by atoms with Gasteiger partial charge < -0.3 is 5.11 Å². The Bertz CT molecular complexity index is 364. The number of aromatic nitrogens is 1. The summed E-state index contributed by atoms with van der Waals surface area (Å²) >= 11 is 1.37. The van der Waals surface area contributed by atoms with Crippen LogP contribution in [0.3, 0.4) is 0 Å². The van der Waals surface area contributed by atoms with Crippen molar-refractivity contribution < 1.29 is 19.3 Å². The molecular formula is C11H14NO3S+. The van der Waals surface area contributed by atoms with Gasteiger partial charge in [-0.1, -0.05) is 18.7 Å². The fourth-order valence-electron chi connectivity index (χ4n) is 1.20. The first-order valence-electron chi connectivity index (χ1n) is 4.99. The summed E-state index contributed by atoms with van der Waals surface area (Å²) in [4.78, 5) is 21.5. The van der Waals surface area contributed by atoms with E-state index in [0.717, 1.165) is 18.5 Å². The van der Waals surface area contributed by atoms with E-state index in [4.69, 9.17) is 5.11 Å². The van der Waals surface area contributed by atoms with Crippen molar-refractivity contribution >= 4 is 24.0 Å². The predicted molar refractivity (Wildman–Crippen MR) is 61.4 cm³/mol. The molecule has 0 amide bonds. The Labute approximate surface area is 98.3 Å². The van der Waals surface area contributed by atoms with Gasteiger partial charge in [0.2, 0.25) is 0 Å². The minimum atomic E-state index is -0.873. The van der Waals surface area contributed by atoms with Crippen LogP contribution in [0, 0.1) is 0 Å². The quantitative estimate of drug-likeness (QED) is 0.605. The number of aldehydes is 1. The second-order valence-corrected chi connectivity index (χ2v) is 4.45. The van der Waals surface area contributed by atoms with E-state index in [2.05, 4.69) is 0 Å². The topological polar surface area (TPSA) is 58.2 Å². The van der Waals surface area contributed by atoms with Gasteiger partial charge in [-0.15, -0.1) is 0 Å². The van der Waals surface area contributed by atoms with Crippen molar-refractivity contribution in [2.24, 2.45) is 0 Å². The SMILES string of the molecule is CCCSC(C(=O)O)[n+]1ccc(C=O)cc1. The van der Waals surface area contributed by atoms with Crippen LogP contribution in [0.1, 0.15) is 29.1 Å². The molecule has 16 heavy (non-hydrogen) atoms. The van der Waals surface area contributed by atoms with Gasteiger partial charge in [0, 0.05) is 17.7 Å². The van der Waals surface area contributed by atoms with Gasteiger partial charge >= 0.3 is 11.3 Å². The van der Waals surface area contributed by atoms with Gasteiger partial charge in [-0.05, 0) is 12.2 Å². The highest BCUT2D eigenvalue weighted by atomic mass is 32.2. The lowest BCUT2D eigenvalue weighted by atomic mass is 10.3. The molecule has 0 aliphatic heterocycles. The van der Waals surface area contributed by atoms with Gasteiger partial charge in [0.25, 0.3) is 0 Å². The highest BCUT2D eigenvalue weighted by molar-refractivity contribution is 7.99. The molecule has 86 valence electrons. The van der Waals surface area contributed by atoms with Crippen LogP contribution < -0.4 is 4.57 Å². The van der Waals surface area contributed by atoms with Crippen LogP contribution in [0.25, 0.3) is 0 Å². The molecule has 0 saturated heterocycles. The molecule has 1 heterocycles. The van der Waals surface area contributed by atoms with Crippen molar-refractivity contribution in [3.63, 3.8) is 0 Å². The Kier molecular flexibility index (Phi) is 4.98. The summed E-state index contributed by atoms with van der Waals surface area (Å²) in [5, 5.41) is 8.44. The zero-order valence-corrected chi connectivity index (χ0v) is 9.81. The molecule has 1 rings (SSSR count). The van der Waals surface area contributed by atoms with Crippen LogP contribution in [-0.2, 0) is 4.79 Å². The minimum Gasteiger partial charge on any atom is -0.476 e. The fraction of sp³-hybridized carbons (Fsp3) is 0.364. The monoisotopic (exact) mass is 240 g/mol. The second-order valence-electron chi connectivity index (χ2n) is 3.26. The molecule has 5 heteroatoms. The van der Waals surface area contributed by atoms with E-state index in [1.165, 1.54) is 11.8 Å². The van der Waals surface area contributed by atoms with Crippen LogP contribution in [0.15, 0.2) is 24.5 Å². The van der Waals surface area contributed by atoms with E-state index in [1.54, 1.807) is 29.1 Å². The number of carbonyl (C=O) groups excluding carboxylic acids is 1. The van der Waals surface area contributed by atoms with Gasteiger partial charge in [0.15, 0.2) is 18.7 Å². The first-order valence-corrected chi connectivity index (χ1v) is 6.04. The van der Waals surface area contributed by atoms with Crippen molar-refractivity contribution in [3.8, 4) is 0 Å². The number of carboxylic acids is 1. The van der Waals surface area contributed by atoms with E-state index in [9.17, 15) is 9.59 Å². The fourth-order valence-corrected chi connectivity index (χ4v) is 2.11. The van der Waals surface area contributed by atoms with Crippen molar-refractivity contribution in [2.75, 3.05) is 5.75 Å². The van der Waals surface area contributed by atoms with E-state index >= 15 is 0 Å². The lowest BCUT2D eigenvalue weighted by Crippen LogP contribution is -2.41. The summed E-state index contributed by atoms with van der Waals surface area (Å²) in [5.74, 6) is -0.0818. The zero-order chi connectivity index (χ0) is 12.0.